The number of rotatable bonds is 4. The maximum Gasteiger partial charge on any atom is 0.290 e. The predicted molar refractivity (Wildman–Crippen MR) is 124 cm³/mol. The van der Waals surface area contributed by atoms with E-state index in [4.69, 9.17) is 0 Å². The van der Waals surface area contributed by atoms with Crippen molar-refractivity contribution in [1.29, 1.82) is 0 Å². The van der Waals surface area contributed by atoms with Gasteiger partial charge in [0.25, 0.3) is 11.8 Å². The van der Waals surface area contributed by atoms with Crippen LogP contribution in [0.4, 0.5) is 11.5 Å². The van der Waals surface area contributed by atoms with E-state index in [2.05, 4.69) is 36.6 Å². The van der Waals surface area contributed by atoms with Gasteiger partial charge in [0.1, 0.15) is 12.4 Å². The van der Waals surface area contributed by atoms with E-state index >= 15 is 0 Å². The highest BCUT2D eigenvalue weighted by Crippen LogP contribution is 2.20. The molecule has 1 aromatic carbocycles. The molecule has 0 bridgehead atoms. The van der Waals surface area contributed by atoms with Crippen LogP contribution < -0.4 is 15.8 Å². The van der Waals surface area contributed by atoms with Crippen LogP contribution in [0.15, 0.2) is 52.1 Å². The van der Waals surface area contributed by atoms with Crippen LogP contribution in [0, 0.1) is 12.8 Å². The Hall–Kier alpha value is -3.27. The zero-order valence-electron chi connectivity index (χ0n) is 17.5. The van der Waals surface area contributed by atoms with Crippen molar-refractivity contribution in [2.45, 2.75) is 19.8 Å². The van der Waals surface area contributed by atoms with Gasteiger partial charge in [-0.15, -0.1) is 0 Å². The number of carbonyl (C=O) groups is 3. The van der Waals surface area contributed by atoms with Crippen LogP contribution >= 0.6 is 15.9 Å². The second kappa shape index (κ2) is 9.47. The van der Waals surface area contributed by atoms with Crippen LogP contribution in [0.3, 0.4) is 0 Å². The molecule has 1 unspecified atom stereocenters. The zero-order valence-corrected chi connectivity index (χ0v) is 19.1. The molecule has 2 aromatic rings. The molecule has 4 rings (SSSR count). The fourth-order valence-corrected chi connectivity index (χ4v) is 3.88. The quantitative estimate of drug-likeness (QED) is 0.672. The number of aromatic nitrogens is 1. The number of anilines is 2. The van der Waals surface area contributed by atoms with E-state index in [0.717, 1.165) is 10.0 Å². The van der Waals surface area contributed by atoms with Gasteiger partial charge in [-0.05, 0) is 60.0 Å². The molecular weight excluding hydrogens is 476 g/mol. The average molecular weight is 499 g/mol. The van der Waals surface area contributed by atoms with Crippen molar-refractivity contribution in [3.63, 3.8) is 0 Å². The Morgan fingerprint density at radius 2 is 1.97 bits per heavy atom. The van der Waals surface area contributed by atoms with Crippen molar-refractivity contribution in [1.82, 2.24) is 15.3 Å². The average Bonchev–Trinajstić information content (AvgIpc) is 2.81. The summed E-state index contributed by atoms with van der Waals surface area (Å²) in [7, 11) is 0. The van der Waals surface area contributed by atoms with Crippen LogP contribution in [-0.2, 0) is 14.4 Å². The molecule has 3 heterocycles. The number of hydrogen-bond acceptors (Lipinski definition) is 6. The number of nitrogens with one attached hydrogen (secondary N) is 2. The fraction of sp³-hybridized carbons (Fsp3) is 0.318. The molecule has 0 saturated carbocycles. The molecular formula is C22H23BrN6O3. The molecule has 1 atom stereocenters. The number of pyridine rings is 1. The second-order valence-corrected chi connectivity index (χ2v) is 8.70. The maximum absolute atomic E-state index is 13.1. The molecule has 2 aliphatic rings. The Morgan fingerprint density at radius 1 is 1.19 bits per heavy atom. The van der Waals surface area contributed by atoms with Crippen molar-refractivity contribution in [2.24, 2.45) is 10.9 Å². The summed E-state index contributed by atoms with van der Waals surface area (Å²) in [6, 6.07) is 10.9. The first-order chi connectivity index (χ1) is 15.4. The van der Waals surface area contributed by atoms with Gasteiger partial charge in [0, 0.05) is 23.8 Å². The minimum absolute atomic E-state index is 0.0980. The highest BCUT2D eigenvalue weighted by molar-refractivity contribution is 9.10. The van der Waals surface area contributed by atoms with Gasteiger partial charge in [0.05, 0.1) is 11.6 Å². The fourth-order valence-electron chi connectivity index (χ4n) is 3.64. The first-order valence-electron chi connectivity index (χ1n) is 10.3. The number of carbonyl (C=O) groups excluding carboxylic acids is 3. The number of halogens is 1. The molecule has 2 aliphatic heterocycles. The van der Waals surface area contributed by atoms with Crippen molar-refractivity contribution < 1.29 is 14.4 Å². The number of amides is 3. The lowest BCUT2D eigenvalue weighted by Gasteiger charge is -2.34. The molecule has 166 valence electrons. The van der Waals surface area contributed by atoms with E-state index in [1.807, 2.05) is 31.2 Å². The number of amidine groups is 1. The number of benzene rings is 1. The Morgan fingerprint density at radius 3 is 2.69 bits per heavy atom. The number of hydrazine groups is 1. The van der Waals surface area contributed by atoms with Crippen molar-refractivity contribution >= 4 is 51.0 Å². The van der Waals surface area contributed by atoms with Crippen molar-refractivity contribution in [3.8, 4) is 0 Å². The molecule has 1 saturated heterocycles. The Bertz CT molecular complexity index is 1050. The van der Waals surface area contributed by atoms with Crippen molar-refractivity contribution in [3.05, 3.63) is 52.6 Å². The molecule has 1 fully saturated rings. The lowest BCUT2D eigenvalue weighted by atomic mass is 9.97. The van der Waals surface area contributed by atoms with Crippen LogP contribution in [0.5, 0.6) is 0 Å². The maximum atomic E-state index is 13.1. The molecule has 3 amide bonds. The van der Waals surface area contributed by atoms with Gasteiger partial charge in [-0.25, -0.2) is 9.99 Å². The van der Waals surface area contributed by atoms with Gasteiger partial charge in [-0.2, -0.15) is 0 Å². The summed E-state index contributed by atoms with van der Waals surface area (Å²) in [5, 5.41) is 4.15. The summed E-state index contributed by atoms with van der Waals surface area (Å²) in [5.74, 6) is -0.533. The molecule has 0 radical (unpaired) electrons. The minimum Gasteiger partial charge on any atom is -0.335 e. The van der Waals surface area contributed by atoms with Gasteiger partial charge < -0.3 is 10.2 Å². The number of aliphatic imine (C=N–C) groups is 1. The number of nitrogens with zero attached hydrogens (tertiary/aromatic N) is 4. The summed E-state index contributed by atoms with van der Waals surface area (Å²) in [5.41, 5.74) is 4.56. The van der Waals surface area contributed by atoms with Gasteiger partial charge in [-0.3, -0.25) is 24.8 Å². The van der Waals surface area contributed by atoms with Gasteiger partial charge in [-0.1, -0.05) is 17.7 Å². The van der Waals surface area contributed by atoms with E-state index in [1.165, 1.54) is 5.01 Å². The van der Waals surface area contributed by atoms with Crippen LogP contribution in [0.25, 0.3) is 0 Å². The van der Waals surface area contributed by atoms with Gasteiger partial charge in [0.15, 0.2) is 0 Å². The van der Waals surface area contributed by atoms with E-state index < -0.39 is 0 Å². The molecule has 9 nitrogen and oxygen atoms in total. The molecule has 10 heteroatoms. The zero-order chi connectivity index (χ0) is 22.7. The number of aryl methyl sites for hydroxylation is 1. The predicted octanol–water partition coefficient (Wildman–Crippen LogP) is 2.28. The minimum atomic E-state index is -0.350. The number of piperidine rings is 1. The third kappa shape index (κ3) is 4.96. The standard InChI is InChI=1S/C22H23BrN6O3/c1-14-4-7-17(8-5-14)29-19(30)12-25-20(27-29)22(32)28-10-2-3-15(13-28)21(31)26-18-9-6-16(23)11-24-18/h4-9,11,15H,2-3,10,12-13H2,1H3,(H,25,27)(H,24,26,31). The van der Waals surface area contributed by atoms with Gasteiger partial charge >= 0.3 is 0 Å². The topological polar surface area (TPSA) is 107 Å². The highest BCUT2D eigenvalue weighted by Gasteiger charge is 2.33. The molecule has 0 spiro atoms. The van der Waals surface area contributed by atoms with Crippen LogP contribution in [0.2, 0.25) is 0 Å². The van der Waals surface area contributed by atoms with E-state index in [-0.39, 0.29) is 42.6 Å². The number of hydrogen-bond donors (Lipinski definition) is 2. The summed E-state index contributed by atoms with van der Waals surface area (Å²) in [6.07, 6.45) is 2.99. The van der Waals surface area contributed by atoms with Gasteiger partial charge in [0.2, 0.25) is 11.7 Å². The first kappa shape index (κ1) is 21.9. The van der Waals surface area contributed by atoms with Crippen molar-refractivity contribution in [2.75, 3.05) is 30.0 Å². The highest BCUT2D eigenvalue weighted by atomic mass is 79.9. The first-order valence-corrected chi connectivity index (χ1v) is 11.1. The smallest absolute Gasteiger partial charge is 0.290 e. The van der Waals surface area contributed by atoms with E-state index in [0.29, 0.717) is 30.9 Å². The largest absolute Gasteiger partial charge is 0.335 e. The summed E-state index contributed by atoms with van der Waals surface area (Å²) >= 11 is 3.31. The molecule has 2 N–H and O–H groups in total. The monoisotopic (exact) mass is 498 g/mol. The van der Waals surface area contributed by atoms with Crippen LogP contribution in [-0.4, -0.2) is 53.1 Å². The lowest BCUT2D eigenvalue weighted by molar-refractivity contribution is -0.129. The Balaban J connectivity index is 1.41. The third-order valence-corrected chi connectivity index (χ3v) is 5.86. The summed E-state index contributed by atoms with van der Waals surface area (Å²) in [4.78, 5) is 48.0. The number of likely N-dealkylation sites (tertiary alicyclic amines) is 1. The Labute approximate surface area is 194 Å². The van der Waals surface area contributed by atoms with E-state index in [1.54, 1.807) is 23.2 Å². The third-order valence-electron chi connectivity index (χ3n) is 5.39. The lowest BCUT2D eigenvalue weighted by Crippen LogP contribution is -2.57. The van der Waals surface area contributed by atoms with E-state index in [9.17, 15) is 14.4 Å². The SMILES string of the molecule is Cc1ccc(N2NC(C(=O)N3CCCC(C(=O)Nc4ccc(Br)cn4)C3)=NCC2=O)cc1. The molecule has 32 heavy (non-hydrogen) atoms. The summed E-state index contributed by atoms with van der Waals surface area (Å²) in [6.45, 7) is 2.65. The normalized spacial score (nSPS) is 18.6. The molecule has 0 aliphatic carbocycles. The second-order valence-electron chi connectivity index (χ2n) is 7.78. The molecule has 1 aromatic heterocycles. The Kier molecular flexibility index (Phi) is 6.50. The van der Waals surface area contributed by atoms with Crippen LogP contribution in [0.1, 0.15) is 18.4 Å². The summed E-state index contributed by atoms with van der Waals surface area (Å²) < 4.78 is 0.823.